The van der Waals surface area contributed by atoms with Crippen molar-refractivity contribution in [2.45, 2.75) is 52.1 Å². The molecule has 0 aliphatic carbocycles. The van der Waals surface area contributed by atoms with Crippen molar-refractivity contribution in [1.82, 2.24) is 0 Å². The first kappa shape index (κ1) is 29.9. The van der Waals surface area contributed by atoms with E-state index >= 15 is 0 Å². The molecular formula is C29H31ClN2O6S. The van der Waals surface area contributed by atoms with Crippen molar-refractivity contribution in [2.75, 3.05) is 17.7 Å². The van der Waals surface area contributed by atoms with Gasteiger partial charge in [-0.05, 0) is 57.4 Å². The van der Waals surface area contributed by atoms with Gasteiger partial charge in [0.15, 0.2) is 0 Å². The number of ether oxygens (including phenoxy) is 2. The van der Waals surface area contributed by atoms with Crippen LogP contribution in [0.15, 0.2) is 53.9 Å². The number of carbonyl (C=O) groups excluding carboxylic acids is 4. The normalized spacial score (nSPS) is 11.0. The summed E-state index contributed by atoms with van der Waals surface area (Å²) in [5.74, 6) is -1.70. The van der Waals surface area contributed by atoms with Gasteiger partial charge in [0.1, 0.15) is 16.2 Å². The molecule has 206 valence electrons. The van der Waals surface area contributed by atoms with Crippen molar-refractivity contribution in [1.29, 1.82) is 0 Å². The smallest absolute Gasteiger partial charge is 0.342 e. The lowest BCUT2D eigenvalue weighted by Gasteiger charge is -2.20. The standard InChI is InChI=1S/C29H31ClN2O6S/c1-29(2,3)38-28(36)25-21(18-10-6-5-7-11-18)17-39-26(25)32-24(34)13-9-8-12-23(33)31-22-15-14-19(30)16-20(22)27(35)37-4/h5-7,10-11,14-17H,8-9,12-13H2,1-4H3,(H,31,33)(H,32,34). The summed E-state index contributed by atoms with van der Waals surface area (Å²) in [6.07, 6.45) is 1.20. The molecule has 2 amide bonds. The highest BCUT2D eigenvalue weighted by Crippen LogP contribution is 2.37. The molecule has 0 saturated carbocycles. The predicted octanol–water partition coefficient (Wildman–Crippen LogP) is 6.95. The third-order valence-corrected chi connectivity index (χ3v) is 6.58. The van der Waals surface area contributed by atoms with E-state index in [1.807, 2.05) is 35.7 Å². The second-order valence-corrected chi connectivity index (χ2v) is 11.0. The fourth-order valence-electron chi connectivity index (χ4n) is 3.69. The molecule has 8 nitrogen and oxygen atoms in total. The maximum absolute atomic E-state index is 13.1. The Balaban J connectivity index is 1.59. The Morgan fingerprint density at radius 2 is 1.54 bits per heavy atom. The van der Waals surface area contributed by atoms with Gasteiger partial charge in [0.2, 0.25) is 11.8 Å². The van der Waals surface area contributed by atoms with Crippen molar-refractivity contribution < 1.29 is 28.7 Å². The fraction of sp³-hybridized carbons (Fsp3) is 0.310. The molecule has 2 N–H and O–H groups in total. The molecule has 0 bridgehead atoms. The quantitative estimate of drug-likeness (QED) is 0.201. The van der Waals surface area contributed by atoms with Crippen molar-refractivity contribution in [2.24, 2.45) is 0 Å². The summed E-state index contributed by atoms with van der Waals surface area (Å²) in [7, 11) is 1.25. The highest BCUT2D eigenvalue weighted by atomic mass is 35.5. The summed E-state index contributed by atoms with van der Waals surface area (Å²) in [5, 5.41) is 8.12. The summed E-state index contributed by atoms with van der Waals surface area (Å²) in [5.41, 5.74) is 1.61. The molecule has 0 saturated heterocycles. The Bertz CT molecular complexity index is 1350. The number of hydrogen-bond donors (Lipinski definition) is 2. The SMILES string of the molecule is COC(=O)c1cc(Cl)ccc1NC(=O)CCCCC(=O)Nc1scc(-c2ccccc2)c1C(=O)OC(C)(C)C. The summed E-state index contributed by atoms with van der Waals surface area (Å²) >= 11 is 7.21. The average molecular weight is 571 g/mol. The molecule has 0 spiro atoms. The molecule has 0 aliphatic rings. The number of methoxy groups -OCH3 is 1. The highest BCUT2D eigenvalue weighted by molar-refractivity contribution is 7.15. The molecule has 1 heterocycles. The van der Waals surface area contributed by atoms with E-state index in [1.165, 1.54) is 30.6 Å². The van der Waals surface area contributed by atoms with Crippen molar-refractivity contribution >= 4 is 57.4 Å². The van der Waals surface area contributed by atoms with E-state index in [4.69, 9.17) is 21.1 Å². The zero-order valence-corrected chi connectivity index (χ0v) is 23.8. The van der Waals surface area contributed by atoms with Gasteiger partial charge in [-0.1, -0.05) is 41.9 Å². The molecule has 0 radical (unpaired) electrons. The zero-order valence-electron chi connectivity index (χ0n) is 22.3. The van der Waals surface area contributed by atoms with Crippen LogP contribution in [0.3, 0.4) is 0 Å². The van der Waals surface area contributed by atoms with Crippen molar-refractivity contribution in [3.8, 4) is 11.1 Å². The summed E-state index contributed by atoms with van der Waals surface area (Å²) < 4.78 is 10.4. The molecule has 0 aliphatic heterocycles. The Labute approximate surface area is 236 Å². The van der Waals surface area contributed by atoms with E-state index < -0.39 is 17.5 Å². The topological polar surface area (TPSA) is 111 Å². The van der Waals surface area contributed by atoms with Crippen molar-refractivity contribution in [3.63, 3.8) is 0 Å². The van der Waals surface area contributed by atoms with E-state index in [-0.39, 0.29) is 30.2 Å². The summed E-state index contributed by atoms with van der Waals surface area (Å²) in [4.78, 5) is 50.2. The van der Waals surface area contributed by atoms with Gasteiger partial charge in [0.05, 0.1) is 18.4 Å². The molecular weight excluding hydrogens is 540 g/mol. The lowest BCUT2D eigenvalue weighted by Crippen LogP contribution is -2.25. The molecule has 0 unspecified atom stereocenters. The number of rotatable bonds is 10. The van der Waals surface area contributed by atoms with Crippen LogP contribution in [-0.4, -0.2) is 36.5 Å². The van der Waals surface area contributed by atoms with Gasteiger partial charge in [-0.2, -0.15) is 0 Å². The minimum atomic E-state index is -0.696. The molecule has 3 rings (SSSR count). The number of carbonyl (C=O) groups is 4. The van der Waals surface area contributed by atoms with E-state index in [9.17, 15) is 19.2 Å². The van der Waals surface area contributed by atoms with E-state index in [0.29, 0.717) is 39.7 Å². The van der Waals surface area contributed by atoms with Crippen LogP contribution in [0.2, 0.25) is 5.02 Å². The second kappa shape index (κ2) is 13.4. The third kappa shape index (κ3) is 8.66. The Hall–Kier alpha value is -3.69. The van der Waals surface area contributed by atoms with E-state index in [2.05, 4.69) is 10.6 Å². The van der Waals surface area contributed by atoms with E-state index in [0.717, 1.165) is 5.56 Å². The van der Waals surface area contributed by atoms with E-state index in [1.54, 1.807) is 26.8 Å². The number of halogens is 1. The zero-order chi connectivity index (χ0) is 28.6. The average Bonchev–Trinajstić information content (AvgIpc) is 3.30. The van der Waals surface area contributed by atoms with Crippen LogP contribution in [0.4, 0.5) is 10.7 Å². The Morgan fingerprint density at radius 1 is 0.897 bits per heavy atom. The fourth-order valence-corrected chi connectivity index (χ4v) is 4.83. The maximum atomic E-state index is 13.1. The molecule has 1 aromatic heterocycles. The number of nitrogens with one attached hydrogen (secondary N) is 2. The first-order valence-corrected chi connectivity index (χ1v) is 13.6. The van der Waals surface area contributed by atoms with Gasteiger partial charge in [-0.15, -0.1) is 11.3 Å². The van der Waals surface area contributed by atoms with Gasteiger partial charge in [-0.3, -0.25) is 9.59 Å². The van der Waals surface area contributed by atoms with Crippen LogP contribution in [0.5, 0.6) is 0 Å². The van der Waals surface area contributed by atoms with Gasteiger partial charge >= 0.3 is 11.9 Å². The Morgan fingerprint density at radius 3 is 2.15 bits per heavy atom. The number of amides is 2. The molecule has 2 aromatic carbocycles. The third-order valence-electron chi connectivity index (χ3n) is 5.45. The van der Waals surface area contributed by atoms with Gasteiger partial charge in [0.25, 0.3) is 0 Å². The van der Waals surface area contributed by atoms with Crippen LogP contribution in [0, 0.1) is 0 Å². The predicted molar refractivity (Wildman–Crippen MR) is 153 cm³/mol. The summed E-state index contributed by atoms with van der Waals surface area (Å²) in [6.45, 7) is 5.37. The molecule has 0 fully saturated rings. The van der Waals surface area contributed by atoms with Crippen LogP contribution < -0.4 is 10.6 Å². The maximum Gasteiger partial charge on any atom is 0.342 e. The largest absolute Gasteiger partial charge is 0.465 e. The lowest BCUT2D eigenvalue weighted by molar-refractivity contribution is -0.118. The molecule has 3 aromatic rings. The first-order chi connectivity index (χ1) is 18.5. The number of anilines is 2. The van der Waals surface area contributed by atoms with Crippen LogP contribution >= 0.6 is 22.9 Å². The van der Waals surface area contributed by atoms with Gasteiger partial charge in [0, 0.05) is 28.8 Å². The van der Waals surface area contributed by atoms with Gasteiger partial charge < -0.3 is 20.1 Å². The molecule has 0 atom stereocenters. The monoisotopic (exact) mass is 570 g/mol. The van der Waals surface area contributed by atoms with Crippen LogP contribution in [0.1, 0.15) is 67.2 Å². The number of hydrogen-bond acceptors (Lipinski definition) is 7. The van der Waals surface area contributed by atoms with Crippen LogP contribution in [0.25, 0.3) is 11.1 Å². The summed E-state index contributed by atoms with van der Waals surface area (Å²) in [6, 6.07) is 14.0. The lowest BCUT2D eigenvalue weighted by atomic mass is 10.0. The van der Waals surface area contributed by atoms with Crippen molar-refractivity contribution in [3.05, 3.63) is 70.1 Å². The molecule has 10 heteroatoms. The van der Waals surface area contributed by atoms with Crippen LogP contribution in [-0.2, 0) is 19.1 Å². The molecule has 39 heavy (non-hydrogen) atoms. The number of unbranched alkanes of at least 4 members (excludes halogenated alkanes) is 1. The minimum Gasteiger partial charge on any atom is -0.465 e. The van der Waals surface area contributed by atoms with Gasteiger partial charge in [-0.25, -0.2) is 9.59 Å². The number of benzene rings is 2. The Kier molecular flexibility index (Phi) is 10.3. The second-order valence-electron chi connectivity index (χ2n) is 9.71. The first-order valence-electron chi connectivity index (χ1n) is 12.4. The minimum absolute atomic E-state index is 0.150. The highest BCUT2D eigenvalue weighted by Gasteiger charge is 2.26. The number of thiophene rings is 1. The number of esters is 2.